The first-order valence-corrected chi connectivity index (χ1v) is 5.61. The summed E-state index contributed by atoms with van der Waals surface area (Å²) < 4.78 is 10.7. The third-order valence-corrected chi connectivity index (χ3v) is 3.47. The van der Waals surface area contributed by atoms with Gasteiger partial charge in [0, 0.05) is 5.92 Å². The van der Waals surface area contributed by atoms with Crippen molar-refractivity contribution in [2.45, 2.75) is 32.5 Å². The van der Waals surface area contributed by atoms with Gasteiger partial charge in [0.25, 0.3) is 0 Å². The maximum atomic E-state index is 12.0. The summed E-state index contributed by atoms with van der Waals surface area (Å²) in [6.07, 6.45) is 3.19. The van der Waals surface area contributed by atoms with E-state index in [1.807, 2.05) is 6.92 Å². The lowest BCUT2D eigenvalue weighted by Gasteiger charge is -2.38. The first kappa shape index (κ1) is 11.3. The Morgan fingerprint density at radius 2 is 2.25 bits per heavy atom. The van der Waals surface area contributed by atoms with Crippen molar-refractivity contribution in [2.75, 3.05) is 6.61 Å². The first-order chi connectivity index (χ1) is 7.53. The minimum atomic E-state index is -1.18. The zero-order valence-electron chi connectivity index (χ0n) is 9.73. The van der Waals surface area contributed by atoms with Gasteiger partial charge in [0.1, 0.15) is 5.78 Å². The fourth-order valence-corrected chi connectivity index (χ4v) is 2.36. The lowest BCUT2D eigenvalue weighted by atomic mass is 9.80. The van der Waals surface area contributed by atoms with Crippen molar-refractivity contribution in [2.24, 2.45) is 11.8 Å². The predicted molar refractivity (Wildman–Crippen MR) is 56.7 cm³/mol. The van der Waals surface area contributed by atoms with Gasteiger partial charge in [-0.15, -0.1) is 0 Å². The van der Waals surface area contributed by atoms with Crippen LogP contribution in [0, 0.1) is 11.8 Å². The number of ketones is 1. The maximum absolute atomic E-state index is 12.0. The van der Waals surface area contributed by atoms with Gasteiger partial charge < -0.3 is 9.47 Å². The van der Waals surface area contributed by atoms with Crippen LogP contribution in [0.1, 0.15) is 20.8 Å². The molecule has 1 fully saturated rings. The Morgan fingerprint density at radius 1 is 1.56 bits per heavy atom. The molecule has 4 atom stereocenters. The van der Waals surface area contributed by atoms with Gasteiger partial charge in [0.15, 0.2) is 5.60 Å². The minimum absolute atomic E-state index is 0.0642. The summed E-state index contributed by atoms with van der Waals surface area (Å²) in [4.78, 5) is 23.9. The summed E-state index contributed by atoms with van der Waals surface area (Å²) in [6, 6.07) is 0. The molecule has 0 unspecified atom stereocenters. The van der Waals surface area contributed by atoms with E-state index in [2.05, 4.69) is 0 Å². The van der Waals surface area contributed by atoms with Crippen LogP contribution in [-0.4, -0.2) is 30.1 Å². The zero-order valence-corrected chi connectivity index (χ0v) is 9.73. The molecule has 0 aliphatic carbocycles. The molecule has 0 spiro atoms. The van der Waals surface area contributed by atoms with Crippen LogP contribution in [0.25, 0.3) is 0 Å². The van der Waals surface area contributed by atoms with E-state index in [0.717, 1.165) is 0 Å². The van der Waals surface area contributed by atoms with E-state index >= 15 is 0 Å². The molecule has 1 saturated heterocycles. The summed E-state index contributed by atoms with van der Waals surface area (Å²) in [5.41, 5.74) is -1.18. The van der Waals surface area contributed by atoms with Crippen LogP contribution in [0.2, 0.25) is 0 Å². The van der Waals surface area contributed by atoms with Gasteiger partial charge in [-0.3, -0.25) is 4.79 Å². The van der Waals surface area contributed by atoms with Gasteiger partial charge >= 0.3 is 5.97 Å². The molecule has 0 aromatic rings. The van der Waals surface area contributed by atoms with Crippen LogP contribution in [0.15, 0.2) is 12.2 Å². The topological polar surface area (TPSA) is 52.6 Å². The van der Waals surface area contributed by atoms with Gasteiger partial charge in [-0.1, -0.05) is 19.9 Å². The molecule has 0 saturated carbocycles. The van der Waals surface area contributed by atoms with E-state index < -0.39 is 17.5 Å². The molecule has 16 heavy (non-hydrogen) atoms. The summed E-state index contributed by atoms with van der Waals surface area (Å²) >= 11 is 0. The molecule has 0 radical (unpaired) electrons. The molecule has 2 bridgehead atoms. The normalized spacial score (nSPS) is 41.2. The second-order valence-corrected chi connectivity index (χ2v) is 4.37. The molecule has 4 nitrogen and oxygen atoms in total. The number of rotatable bonds is 2. The molecule has 2 rings (SSSR count). The Labute approximate surface area is 94.6 Å². The highest BCUT2D eigenvalue weighted by molar-refractivity contribution is 5.96. The first-order valence-electron chi connectivity index (χ1n) is 5.61. The molecular weight excluding hydrogens is 208 g/mol. The molecule has 2 aliphatic rings. The van der Waals surface area contributed by atoms with Crippen LogP contribution < -0.4 is 0 Å². The zero-order chi connectivity index (χ0) is 11.9. The van der Waals surface area contributed by atoms with Gasteiger partial charge in [-0.05, 0) is 13.0 Å². The van der Waals surface area contributed by atoms with Gasteiger partial charge in [0.05, 0.1) is 18.6 Å². The molecule has 2 aliphatic heterocycles. The van der Waals surface area contributed by atoms with Gasteiger partial charge in [0.2, 0.25) is 0 Å². The lowest BCUT2D eigenvalue weighted by molar-refractivity contribution is -0.187. The monoisotopic (exact) mass is 224 g/mol. The van der Waals surface area contributed by atoms with Crippen molar-refractivity contribution in [3.63, 3.8) is 0 Å². The van der Waals surface area contributed by atoms with Gasteiger partial charge in [-0.2, -0.15) is 0 Å². The molecule has 4 heteroatoms. The Balaban J connectivity index is 2.32. The van der Waals surface area contributed by atoms with Crippen LogP contribution in [0.4, 0.5) is 0 Å². The average Bonchev–Trinajstić information content (AvgIpc) is 2.68. The molecule has 0 N–H and O–H groups in total. The van der Waals surface area contributed by atoms with E-state index in [9.17, 15) is 9.59 Å². The highest BCUT2D eigenvalue weighted by Crippen LogP contribution is 2.41. The second-order valence-electron chi connectivity index (χ2n) is 4.37. The Morgan fingerprint density at radius 3 is 2.88 bits per heavy atom. The van der Waals surface area contributed by atoms with Gasteiger partial charge in [-0.25, -0.2) is 4.79 Å². The Kier molecular flexibility index (Phi) is 2.62. The summed E-state index contributed by atoms with van der Waals surface area (Å²) in [6.45, 7) is 5.58. The fraction of sp³-hybridized carbons (Fsp3) is 0.667. The van der Waals surface area contributed by atoms with Crippen molar-refractivity contribution >= 4 is 11.8 Å². The second kappa shape index (κ2) is 3.70. The van der Waals surface area contributed by atoms with E-state index in [0.29, 0.717) is 6.61 Å². The molecule has 88 valence electrons. The number of Topliss-reactive ketones (excluding diaryl/α,β-unsaturated/α-hetero) is 1. The summed E-state index contributed by atoms with van der Waals surface area (Å²) in [5.74, 6) is -1.05. The molecule has 0 aromatic carbocycles. The summed E-state index contributed by atoms with van der Waals surface area (Å²) in [5, 5.41) is 0. The minimum Gasteiger partial charge on any atom is -0.464 e. The van der Waals surface area contributed by atoms with Crippen molar-refractivity contribution in [1.29, 1.82) is 0 Å². The highest BCUT2D eigenvalue weighted by atomic mass is 16.6. The van der Waals surface area contributed by atoms with Crippen LogP contribution in [0.5, 0.6) is 0 Å². The number of carbonyl (C=O) groups is 2. The SMILES string of the molecule is CCOC(=O)[C@]12C=C[C@H](O1)[C@H](C)C(=O)[C@@H]2C. The maximum Gasteiger partial charge on any atom is 0.343 e. The van der Waals surface area contributed by atoms with Crippen LogP contribution >= 0.6 is 0 Å². The number of esters is 1. The lowest BCUT2D eigenvalue weighted by Crippen LogP contribution is -2.55. The van der Waals surface area contributed by atoms with Crippen molar-refractivity contribution in [3.8, 4) is 0 Å². The standard InChI is InChI=1S/C12H16O4/c1-4-15-11(14)12-6-5-9(16-12)7(2)10(13)8(12)3/h5-9H,4H2,1-3H3/t7-,8-,9-,12+/m0/s1. The highest BCUT2D eigenvalue weighted by Gasteiger charge is 2.57. The van der Waals surface area contributed by atoms with Crippen molar-refractivity contribution in [1.82, 2.24) is 0 Å². The molecular formula is C12H16O4. The fourth-order valence-electron chi connectivity index (χ4n) is 2.36. The average molecular weight is 224 g/mol. The van der Waals surface area contributed by atoms with E-state index in [4.69, 9.17) is 9.47 Å². The smallest absolute Gasteiger partial charge is 0.343 e. The Hall–Kier alpha value is -1.16. The number of hydrogen-bond acceptors (Lipinski definition) is 4. The summed E-state index contributed by atoms with van der Waals surface area (Å²) in [7, 11) is 0. The largest absolute Gasteiger partial charge is 0.464 e. The number of fused-ring (bicyclic) bond motifs is 2. The quantitative estimate of drug-likeness (QED) is 0.520. The van der Waals surface area contributed by atoms with Crippen molar-refractivity contribution < 1.29 is 19.1 Å². The van der Waals surface area contributed by atoms with Crippen LogP contribution in [0.3, 0.4) is 0 Å². The number of carbonyl (C=O) groups excluding carboxylic acids is 2. The number of hydrogen-bond donors (Lipinski definition) is 0. The van der Waals surface area contributed by atoms with Crippen LogP contribution in [-0.2, 0) is 19.1 Å². The third kappa shape index (κ3) is 1.33. The third-order valence-electron chi connectivity index (χ3n) is 3.47. The van der Waals surface area contributed by atoms with Crippen molar-refractivity contribution in [3.05, 3.63) is 12.2 Å². The van der Waals surface area contributed by atoms with E-state index in [1.165, 1.54) is 0 Å². The number of ether oxygens (including phenoxy) is 2. The Bertz CT molecular complexity index is 360. The predicted octanol–water partition coefficient (Wildman–Crippen LogP) is 1.10. The van der Waals surface area contributed by atoms with E-state index in [1.54, 1.807) is 26.0 Å². The molecule has 0 aromatic heterocycles. The molecule has 0 amide bonds. The molecule has 2 heterocycles. The van der Waals surface area contributed by atoms with E-state index in [-0.39, 0.29) is 17.8 Å².